The van der Waals surface area contributed by atoms with E-state index < -0.39 is 18.9 Å². The van der Waals surface area contributed by atoms with Crippen LogP contribution in [-0.4, -0.2) is 49.0 Å². The highest BCUT2D eigenvalue weighted by atomic mass is 19.3. The van der Waals surface area contributed by atoms with Crippen LogP contribution in [0.25, 0.3) is 0 Å². The molecule has 100 valence electrons. The lowest BCUT2D eigenvalue weighted by molar-refractivity contribution is -0.126. The van der Waals surface area contributed by atoms with Crippen LogP contribution < -0.4 is 5.32 Å². The maximum Gasteiger partial charge on any atom is 0.319 e. The van der Waals surface area contributed by atoms with Crippen molar-refractivity contribution in [3.63, 3.8) is 0 Å². The number of piperidine rings is 1. The molecule has 2 fully saturated rings. The maximum absolute atomic E-state index is 12.7. The molecule has 2 aliphatic heterocycles. The molecule has 2 unspecified atom stereocenters. The Morgan fingerprint density at radius 1 is 1.24 bits per heavy atom. The third-order valence-electron chi connectivity index (χ3n) is 3.77. The summed E-state index contributed by atoms with van der Waals surface area (Å²) in [4.78, 5) is 2.36. The molecule has 2 atom stereocenters. The minimum absolute atomic E-state index is 0.0426. The first-order valence-corrected chi connectivity index (χ1v) is 6.12. The first-order valence-electron chi connectivity index (χ1n) is 6.12. The standard InChI is InChI=1S/C11H18F4N2/c12-10(13)11(14,15)7-16-8-3-5-17-4-1-2-9(17)6-8/h8-10,16H,1-7H2. The van der Waals surface area contributed by atoms with Crippen molar-refractivity contribution in [3.05, 3.63) is 0 Å². The summed E-state index contributed by atoms with van der Waals surface area (Å²) in [6.45, 7) is 1.06. The van der Waals surface area contributed by atoms with Gasteiger partial charge in [-0.15, -0.1) is 0 Å². The minimum Gasteiger partial charge on any atom is -0.308 e. The van der Waals surface area contributed by atoms with Gasteiger partial charge in [0.15, 0.2) is 0 Å². The zero-order valence-electron chi connectivity index (χ0n) is 9.64. The van der Waals surface area contributed by atoms with Crippen LogP contribution in [0.3, 0.4) is 0 Å². The van der Waals surface area contributed by atoms with E-state index in [2.05, 4.69) is 10.2 Å². The summed E-state index contributed by atoms with van der Waals surface area (Å²) in [6, 6.07) is 0.417. The molecule has 0 radical (unpaired) electrons. The Morgan fingerprint density at radius 2 is 2.00 bits per heavy atom. The number of fused-ring (bicyclic) bond motifs is 1. The second-order valence-corrected chi connectivity index (χ2v) is 5.00. The van der Waals surface area contributed by atoms with Crippen LogP contribution in [0.4, 0.5) is 17.6 Å². The predicted octanol–water partition coefficient (Wildman–Crippen LogP) is 2.10. The first kappa shape index (κ1) is 13.1. The van der Waals surface area contributed by atoms with Gasteiger partial charge in [-0.1, -0.05) is 0 Å². The van der Waals surface area contributed by atoms with Crippen molar-refractivity contribution in [2.45, 2.75) is 50.1 Å². The van der Waals surface area contributed by atoms with Gasteiger partial charge in [-0.2, -0.15) is 8.78 Å². The molecule has 0 aliphatic carbocycles. The van der Waals surface area contributed by atoms with Gasteiger partial charge in [-0.05, 0) is 38.8 Å². The van der Waals surface area contributed by atoms with Crippen molar-refractivity contribution in [3.8, 4) is 0 Å². The highest BCUT2D eigenvalue weighted by Crippen LogP contribution is 2.28. The molecule has 2 heterocycles. The average Bonchev–Trinajstić information content (AvgIpc) is 2.73. The number of hydrogen-bond donors (Lipinski definition) is 1. The Balaban J connectivity index is 1.77. The fourth-order valence-corrected chi connectivity index (χ4v) is 2.77. The summed E-state index contributed by atoms with van der Waals surface area (Å²) in [7, 11) is 0. The molecule has 1 N–H and O–H groups in total. The Bertz CT molecular complexity index is 260. The van der Waals surface area contributed by atoms with Crippen LogP contribution in [0.5, 0.6) is 0 Å². The van der Waals surface area contributed by atoms with E-state index in [-0.39, 0.29) is 6.04 Å². The number of halogens is 4. The van der Waals surface area contributed by atoms with Crippen molar-refractivity contribution in [1.29, 1.82) is 0 Å². The zero-order chi connectivity index (χ0) is 12.5. The summed E-state index contributed by atoms with van der Waals surface area (Å²) >= 11 is 0. The molecule has 0 bridgehead atoms. The minimum atomic E-state index is -3.91. The Hall–Kier alpha value is -0.360. The molecule has 6 heteroatoms. The van der Waals surface area contributed by atoms with Crippen molar-refractivity contribution >= 4 is 0 Å². The average molecular weight is 254 g/mol. The molecule has 2 rings (SSSR count). The Morgan fingerprint density at radius 3 is 2.71 bits per heavy atom. The number of nitrogens with one attached hydrogen (secondary N) is 1. The van der Waals surface area contributed by atoms with E-state index in [1.165, 1.54) is 0 Å². The Labute approximate surface area is 98.3 Å². The van der Waals surface area contributed by atoms with E-state index in [1.54, 1.807) is 0 Å². The van der Waals surface area contributed by atoms with Crippen LogP contribution in [0, 0.1) is 0 Å². The third-order valence-corrected chi connectivity index (χ3v) is 3.77. The van der Waals surface area contributed by atoms with Gasteiger partial charge in [-0.25, -0.2) is 8.78 Å². The van der Waals surface area contributed by atoms with Gasteiger partial charge in [0.25, 0.3) is 0 Å². The van der Waals surface area contributed by atoms with Crippen molar-refractivity contribution in [2.75, 3.05) is 19.6 Å². The number of nitrogens with zero attached hydrogens (tertiary/aromatic N) is 1. The van der Waals surface area contributed by atoms with Gasteiger partial charge in [-0.3, -0.25) is 0 Å². The topological polar surface area (TPSA) is 15.3 Å². The third kappa shape index (κ3) is 3.10. The molecular formula is C11H18F4N2. The van der Waals surface area contributed by atoms with Gasteiger partial charge >= 0.3 is 12.3 Å². The van der Waals surface area contributed by atoms with E-state index in [0.717, 1.165) is 38.8 Å². The first-order chi connectivity index (χ1) is 7.99. The molecule has 0 spiro atoms. The molecule has 17 heavy (non-hydrogen) atoms. The molecule has 0 aromatic heterocycles. The molecular weight excluding hydrogens is 236 g/mol. The van der Waals surface area contributed by atoms with Crippen molar-refractivity contribution in [1.82, 2.24) is 10.2 Å². The van der Waals surface area contributed by atoms with Gasteiger partial charge in [0.1, 0.15) is 0 Å². The largest absolute Gasteiger partial charge is 0.319 e. The molecule has 2 nitrogen and oxygen atoms in total. The summed E-state index contributed by atoms with van der Waals surface area (Å²) in [6.07, 6.45) is 0.255. The molecule has 0 saturated carbocycles. The Kier molecular flexibility index (Phi) is 3.92. The second-order valence-electron chi connectivity index (χ2n) is 5.00. The van der Waals surface area contributed by atoms with Crippen LogP contribution in [0.15, 0.2) is 0 Å². The van der Waals surface area contributed by atoms with Gasteiger partial charge in [0, 0.05) is 12.1 Å². The lowest BCUT2D eigenvalue weighted by Crippen LogP contribution is -2.49. The van der Waals surface area contributed by atoms with E-state index in [9.17, 15) is 17.6 Å². The fourth-order valence-electron chi connectivity index (χ4n) is 2.77. The predicted molar refractivity (Wildman–Crippen MR) is 56.6 cm³/mol. The van der Waals surface area contributed by atoms with Gasteiger partial charge in [0.2, 0.25) is 0 Å². The smallest absolute Gasteiger partial charge is 0.308 e. The van der Waals surface area contributed by atoms with E-state index in [0.29, 0.717) is 6.04 Å². The molecule has 0 amide bonds. The highest BCUT2D eigenvalue weighted by molar-refractivity contribution is 4.90. The lowest BCUT2D eigenvalue weighted by atomic mass is 9.97. The monoisotopic (exact) mass is 254 g/mol. The summed E-state index contributed by atoms with van der Waals surface area (Å²) in [5.41, 5.74) is 0. The van der Waals surface area contributed by atoms with Crippen molar-refractivity contribution < 1.29 is 17.6 Å². The molecule has 0 aromatic carbocycles. The fraction of sp³-hybridized carbons (Fsp3) is 1.00. The lowest BCUT2D eigenvalue weighted by Gasteiger charge is -2.35. The summed E-state index contributed by atoms with van der Waals surface area (Å²) < 4.78 is 49.5. The van der Waals surface area contributed by atoms with E-state index in [1.807, 2.05) is 0 Å². The van der Waals surface area contributed by atoms with Gasteiger partial charge in [0.05, 0.1) is 6.54 Å². The van der Waals surface area contributed by atoms with Crippen LogP contribution in [0.2, 0.25) is 0 Å². The highest BCUT2D eigenvalue weighted by Gasteiger charge is 2.41. The number of hydrogen-bond acceptors (Lipinski definition) is 2. The summed E-state index contributed by atoms with van der Waals surface area (Å²) in [5.74, 6) is -3.91. The van der Waals surface area contributed by atoms with Gasteiger partial charge < -0.3 is 10.2 Å². The number of rotatable bonds is 4. The second kappa shape index (κ2) is 5.10. The molecule has 2 saturated heterocycles. The van der Waals surface area contributed by atoms with Crippen LogP contribution in [-0.2, 0) is 0 Å². The molecule has 2 aliphatic rings. The normalized spacial score (nSPS) is 30.9. The summed E-state index contributed by atoms with van der Waals surface area (Å²) in [5, 5.41) is 2.60. The van der Waals surface area contributed by atoms with Crippen LogP contribution >= 0.6 is 0 Å². The SMILES string of the molecule is FC(F)C(F)(F)CNC1CCN2CCCC2C1. The van der Waals surface area contributed by atoms with Crippen LogP contribution in [0.1, 0.15) is 25.7 Å². The molecule has 0 aromatic rings. The quantitative estimate of drug-likeness (QED) is 0.773. The van der Waals surface area contributed by atoms with E-state index in [4.69, 9.17) is 0 Å². The van der Waals surface area contributed by atoms with Crippen molar-refractivity contribution in [2.24, 2.45) is 0 Å². The maximum atomic E-state index is 12.7. The number of alkyl halides is 4. The zero-order valence-corrected chi connectivity index (χ0v) is 9.64. The van der Waals surface area contributed by atoms with E-state index >= 15 is 0 Å².